The molecule has 5 atom stereocenters. The van der Waals surface area contributed by atoms with E-state index in [1.165, 1.54) is 6.33 Å². The summed E-state index contributed by atoms with van der Waals surface area (Å²) in [5.41, 5.74) is 2.64. The lowest BCUT2D eigenvalue weighted by molar-refractivity contribution is -0.0928. The molecule has 1 saturated heterocycles. The van der Waals surface area contributed by atoms with Crippen LogP contribution in [-0.2, 0) is 28.5 Å². The van der Waals surface area contributed by atoms with E-state index in [4.69, 9.17) is 42.4 Å². The van der Waals surface area contributed by atoms with E-state index in [9.17, 15) is 10.1 Å². The van der Waals surface area contributed by atoms with Crippen LogP contribution < -0.4 is 14.8 Å². The van der Waals surface area contributed by atoms with Crippen molar-refractivity contribution in [2.24, 2.45) is 0 Å². The van der Waals surface area contributed by atoms with Gasteiger partial charge in [0.15, 0.2) is 31.5 Å². The third kappa shape index (κ3) is 11.3. The zero-order chi connectivity index (χ0) is 50.2. The van der Waals surface area contributed by atoms with Crippen LogP contribution in [0.1, 0.15) is 88.2 Å². The number of anilines is 1. The molecule has 0 bridgehead atoms. The number of carbonyl (C=O) groups is 1. The van der Waals surface area contributed by atoms with E-state index in [0.717, 1.165) is 16.7 Å². The van der Waals surface area contributed by atoms with E-state index in [1.54, 1.807) is 44.8 Å². The van der Waals surface area contributed by atoms with Crippen LogP contribution in [0.3, 0.4) is 0 Å². The van der Waals surface area contributed by atoms with E-state index in [0.29, 0.717) is 28.2 Å². The molecule has 17 heteroatoms. The molecule has 0 aliphatic carbocycles. The number of aromatic nitrogens is 4. The molecular weight excluding hydrogens is 922 g/mol. The van der Waals surface area contributed by atoms with Gasteiger partial charge in [-0.25, -0.2) is 19.6 Å². The topological polar surface area (TPSA) is 164 Å². The fourth-order valence-electron chi connectivity index (χ4n) is 8.42. The largest absolute Gasteiger partial charge is 0.497 e. The van der Waals surface area contributed by atoms with Crippen LogP contribution in [0.4, 0.5) is 5.82 Å². The Bertz CT molecular complexity index is 2620. The second-order valence-corrected chi connectivity index (χ2v) is 25.4. The third-order valence-corrected chi connectivity index (χ3v) is 19.5. The Hall–Kier alpha value is -5.60. The van der Waals surface area contributed by atoms with Gasteiger partial charge in [-0.3, -0.25) is 9.36 Å². The predicted octanol–water partition coefficient (Wildman–Crippen LogP) is 11.1. The van der Waals surface area contributed by atoms with Gasteiger partial charge in [-0.2, -0.15) is 5.26 Å². The molecule has 370 valence electrons. The van der Waals surface area contributed by atoms with Gasteiger partial charge in [0.1, 0.15) is 41.7 Å². The van der Waals surface area contributed by atoms with Gasteiger partial charge in [-0.1, -0.05) is 93.6 Å². The van der Waals surface area contributed by atoms with Gasteiger partial charge in [0.25, 0.3) is 14.4 Å². The Balaban J connectivity index is 1.40. The minimum absolute atomic E-state index is 0.00550. The Morgan fingerprint density at radius 1 is 0.829 bits per heavy atom. The second-order valence-electron chi connectivity index (χ2n) is 19.2. The van der Waals surface area contributed by atoms with E-state index in [2.05, 4.69) is 94.7 Å². The van der Waals surface area contributed by atoms with Gasteiger partial charge in [0, 0.05) is 17.6 Å². The second kappa shape index (κ2) is 22.6. The number of nitrogens with zero attached hydrogens (tertiary/aromatic N) is 6. The number of hydrogen-bond acceptors (Lipinski definition) is 13. The quantitative estimate of drug-likeness (QED) is 0.0314. The Kier molecular flexibility index (Phi) is 16.9. The van der Waals surface area contributed by atoms with Crippen molar-refractivity contribution in [2.45, 2.75) is 115 Å². The smallest absolute Gasteiger partial charge is 0.259 e. The highest BCUT2D eigenvalue weighted by molar-refractivity contribution is 7.44. The van der Waals surface area contributed by atoms with Crippen molar-refractivity contribution in [2.75, 3.05) is 32.8 Å². The van der Waals surface area contributed by atoms with Crippen LogP contribution in [-0.4, -0.2) is 96.2 Å². The highest BCUT2D eigenvalue weighted by Gasteiger charge is 2.54. The lowest BCUT2D eigenvalue weighted by Crippen LogP contribution is -2.51. The normalized spacial score (nSPS) is 18.1. The van der Waals surface area contributed by atoms with Crippen LogP contribution in [0.25, 0.3) is 11.2 Å². The lowest BCUT2D eigenvalue weighted by atomic mass is 9.80. The summed E-state index contributed by atoms with van der Waals surface area (Å²) in [6.07, 6.45) is -0.0636. The first kappa shape index (κ1) is 52.2. The maximum atomic E-state index is 13.5. The van der Waals surface area contributed by atoms with E-state index < -0.39 is 47.0 Å². The molecule has 15 nitrogen and oxygen atoms in total. The third-order valence-electron chi connectivity index (χ3n) is 12.9. The summed E-state index contributed by atoms with van der Waals surface area (Å²) in [4.78, 5) is 27.5. The number of carbonyl (C=O) groups excluding carboxylic acids is 1. The van der Waals surface area contributed by atoms with Gasteiger partial charge in [0.05, 0.1) is 46.3 Å². The molecule has 1 aliphatic rings. The molecule has 1 fully saturated rings. The van der Waals surface area contributed by atoms with Crippen molar-refractivity contribution in [3.63, 3.8) is 0 Å². The Morgan fingerprint density at radius 2 is 1.40 bits per heavy atom. The molecule has 3 unspecified atom stereocenters. The number of methoxy groups -OCH3 is 2. The van der Waals surface area contributed by atoms with E-state index in [-0.39, 0.29) is 48.5 Å². The number of hydrogen-bond donors (Lipinski definition) is 1. The maximum absolute atomic E-state index is 13.5. The molecule has 3 heterocycles. The summed E-state index contributed by atoms with van der Waals surface area (Å²) in [7, 11) is -1.19. The SMILES string of the molecule is COc1ccc(C(OCC2OC(n3cnc4c(NC(=O)c5ccccc5)ncnc43)[C@H](OP(OCCC#N)N(C(C)C)C(C)C)[C@@H]2O[Si](C)(C)C(C)(C)C)(c2ccccc2)c2ccc(OC)cc2)cc1. The minimum atomic E-state index is -2.65. The van der Waals surface area contributed by atoms with Crippen LogP contribution >= 0.6 is 8.53 Å². The van der Waals surface area contributed by atoms with E-state index >= 15 is 0 Å². The Labute approximate surface area is 414 Å². The number of nitrogens with one attached hydrogen (secondary N) is 1. The zero-order valence-corrected chi connectivity index (χ0v) is 43.9. The van der Waals surface area contributed by atoms with Crippen LogP contribution in [0.15, 0.2) is 122 Å². The fourth-order valence-corrected chi connectivity index (χ4v) is 11.5. The first-order valence-corrected chi connectivity index (χ1v) is 27.7. The van der Waals surface area contributed by atoms with Gasteiger partial charge in [0.2, 0.25) is 0 Å². The first-order valence-electron chi connectivity index (χ1n) is 23.6. The summed E-state index contributed by atoms with van der Waals surface area (Å²) in [6.45, 7) is 19.6. The van der Waals surface area contributed by atoms with E-state index in [1.807, 2.05) is 77.4 Å². The maximum Gasteiger partial charge on any atom is 0.259 e. The molecule has 2 aromatic heterocycles. The van der Waals surface area contributed by atoms with Gasteiger partial charge in [-0.15, -0.1) is 0 Å². The molecule has 0 spiro atoms. The first-order chi connectivity index (χ1) is 33.5. The number of amides is 1. The molecule has 70 heavy (non-hydrogen) atoms. The van der Waals surface area contributed by atoms with Crippen molar-refractivity contribution in [1.29, 1.82) is 5.26 Å². The molecule has 6 aromatic rings. The number of ether oxygens (including phenoxy) is 4. The van der Waals surface area contributed by atoms with Crippen molar-refractivity contribution in [1.82, 2.24) is 24.2 Å². The highest BCUT2D eigenvalue weighted by atomic mass is 31.2. The average Bonchev–Trinajstić information content (AvgIpc) is 3.93. The van der Waals surface area contributed by atoms with Crippen LogP contribution in [0.5, 0.6) is 11.5 Å². The summed E-state index contributed by atoms with van der Waals surface area (Å²) < 4.78 is 51.7. The van der Waals surface area contributed by atoms with Crippen molar-refractivity contribution < 1.29 is 37.2 Å². The fraction of sp³-hybridized carbons (Fsp3) is 0.415. The highest BCUT2D eigenvalue weighted by Crippen LogP contribution is 2.53. The zero-order valence-electron chi connectivity index (χ0n) is 42.0. The molecule has 1 aliphatic heterocycles. The van der Waals surface area contributed by atoms with Crippen molar-refractivity contribution in [3.05, 3.63) is 144 Å². The molecule has 4 aromatic carbocycles. The number of nitriles is 1. The molecule has 0 saturated carbocycles. The molecular formula is C53H66N7O8PSi. The summed E-state index contributed by atoms with van der Waals surface area (Å²) in [6, 6.07) is 37.1. The molecule has 1 amide bonds. The number of fused-ring (bicyclic) bond motifs is 1. The van der Waals surface area contributed by atoms with Gasteiger partial charge >= 0.3 is 0 Å². The minimum Gasteiger partial charge on any atom is -0.497 e. The summed E-state index contributed by atoms with van der Waals surface area (Å²) in [5.74, 6) is 1.30. The monoisotopic (exact) mass is 987 g/mol. The predicted molar refractivity (Wildman–Crippen MR) is 274 cm³/mol. The summed E-state index contributed by atoms with van der Waals surface area (Å²) in [5, 5.41) is 12.4. The molecule has 0 radical (unpaired) electrons. The molecule has 1 N–H and O–H groups in total. The van der Waals surface area contributed by atoms with Crippen molar-refractivity contribution in [3.8, 4) is 17.6 Å². The Morgan fingerprint density at radius 3 is 1.94 bits per heavy atom. The standard InChI is InChI=1S/C53H66N7O8PSi/c1-36(2)60(37(3)4)69(65-32-18-31-54)67-47-46(68-70(10,11)52(5,6)7)44(66-51(47)59-35-57-45-48(55-34-56-49(45)59)58-50(61)38-19-14-12-15-20-38)33-64-53(39-21-16-13-17-22-39,40-23-27-42(62-8)28-24-40)41-25-29-43(63-9)30-26-41/h12-17,19-30,34-37,44,46-47,51H,18,32-33H2,1-11H3,(H,55,56,58,61)/t44?,46-,47-,51?,69?/m1/s1. The van der Waals surface area contributed by atoms with Gasteiger partial charge in [-0.05, 0) is 98.9 Å². The number of benzene rings is 4. The van der Waals surface area contributed by atoms with Crippen LogP contribution in [0.2, 0.25) is 18.1 Å². The molecule has 7 rings (SSSR count). The lowest BCUT2D eigenvalue weighted by Gasteiger charge is -2.43. The number of rotatable bonds is 21. The van der Waals surface area contributed by atoms with Gasteiger partial charge < -0.3 is 37.7 Å². The summed E-state index contributed by atoms with van der Waals surface area (Å²) >= 11 is 0. The van der Waals surface area contributed by atoms with Crippen molar-refractivity contribution >= 4 is 39.7 Å². The average molecular weight is 988 g/mol. The number of imidazole rings is 1. The van der Waals surface area contributed by atoms with Crippen LogP contribution in [0, 0.1) is 11.3 Å².